The third-order valence-corrected chi connectivity index (χ3v) is 6.78. The molecule has 1 aromatic carbocycles. The van der Waals surface area contributed by atoms with Gasteiger partial charge in [-0.15, -0.1) is 0 Å². The minimum atomic E-state index is -3.20. The Morgan fingerprint density at radius 2 is 1.85 bits per heavy atom. The molecule has 1 fully saturated rings. The minimum absolute atomic E-state index is 0.174. The van der Waals surface area contributed by atoms with E-state index in [1.54, 1.807) is 12.1 Å². The van der Waals surface area contributed by atoms with E-state index in [0.29, 0.717) is 10.9 Å². The van der Waals surface area contributed by atoms with Gasteiger partial charge in [-0.2, -0.15) is 0 Å². The van der Waals surface area contributed by atoms with Gasteiger partial charge in [0.05, 0.1) is 10.1 Å². The van der Waals surface area contributed by atoms with Gasteiger partial charge in [0.25, 0.3) is 0 Å². The molecule has 0 radical (unpaired) electrons. The second-order valence-electron chi connectivity index (χ2n) is 5.89. The number of aryl methyl sites for hydroxylation is 1. The Balaban J connectivity index is 2.16. The van der Waals surface area contributed by atoms with E-state index in [1.807, 2.05) is 19.1 Å². The van der Waals surface area contributed by atoms with E-state index >= 15 is 0 Å². The molecule has 3 nitrogen and oxygen atoms in total. The van der Waals surface area contributed by atoms with Crippen LogP contribution in [0.25, 0.3) is 0 Å². The van der Waals surface area contributed by atoms with Crippen LogP contribution < -0.4 is 5.32 Å². The highest BCUT2D eigenvalue weighted by Crippen LogP contribution is 2.34. The third kappa shape index (κ3) is 3.07. The van der Waals surface area contributed by atoms with Crippen molar-refractivity contribution in [3.05, 3.63) is 29.8 Å². The molecular formula is C16H25NO2S. The lowest BCUT2D eigenvalue weighted by Gasteiger charge is -2.22. The highest BCUT2D eigenvalue weighted by Gasteiger charge is 2.41. The molecule has 1 aliphatic carbocycles. The maximum atomic E-state index is 12.7. The molecule has 4 heteroatoms. The van der Waals surface area contributed by atoms with Gasteiger partial charge < -0.3 is 5.32 Å². The SMILES string of the molecule is CCCNC1CCC(S(=O)(=O)c2ccc(C)cc2)C1C. The van der Waals surface area contributed by atoms with Crippen molar-refractivity contribution in [1.29, 1.82) is 0 Å². The lowest BCUT2D eigenvalue weighted by molar-refractivity contribution is 0.425. The van der Waals surface area contributed by atoms with Gasteiger partial charge >= 0.3 is 0 Å². The van der Waals surface area contributed by atoms with E-state index in [2.05, 4.69) is 19.2 Å². The van der Waals surface area contributed by atoms with Crippen molar-refractivity contribution in [3.8, 4) is 0 Å². The Hall–Kier alpha value is -0.870. The zero-order chi connectivity index (χ0) is 14.8. The summed E-state index contributed by atoms with van der Waals surface area (Å²) in [6.45, 7) is 7.13. The van der Waals surface area contributed by atoms with Gasteiger partial charge in [0.1, 0.15) is 0 Å². The van der Waals surface area contributed by atoms with Crippen LogP contribution in [0.4, 0.5) is 0 Å². The average Bonchev–Trinajstić information content (AvgIpc) is 2.79. The van der Waals surface area contributed by atoms with Crippen molar-refractivity contribution in [2.45, 2.75) is 56.2 Å². The van der Waals surface area contributed by atoms with Crippen LogP contribution in [0.1, 0.15) is 38.7 Å². The van der Waals surface area contributed by atoms with E-state index in [-0.39, 0.29) is 11.2 Å². The maximum Gasteiger partial charge on any atom is 0.181 e. The van der Waals surface area contributed by atoms with Gasteiger partial charge in [0, 0.05) is 6.04 Å². The normalized spacial score (nSPS) is 26.9. The summed E-state index contributed by atoms with van der Waals surface area (Å²) < 4.78 is 25.5. The molecular weight excluding hydrogens is 270 g/mol. The van der Waals surface area contributed by atoms with E-state index < -0.39 is 9.84 Å². The largest absolute Gasteiger partial charge is 0.314 e. The quantitative estimate of drug-likeness (QED) is 0.908. The van der Waals surface area contributed by atoms with Crippen LogP contribution in [0.15, 0.2) is 29.2 Å². The number of nitrogens with one attached hydrogen (secondary N) is 1. The van der Waals surface area contributed by atoms with E-state index in [1.165, 1.54) is 0 Å². The van der Waals surface area contributed by atoms with Crippen LogP contribution in [0.3, 0.4) is 0 Å². The van der Waals surface area contributed by atoms with Gasteiger partial charge in [0.15, 0.2) is 9.84 Å². The molecule has 0 bridgehead atoms. The highest BCUT2D eigenvalue weighted by molar-refractivity contribution is 7.92. The first-order valence-corrected chi connectivity index (χ1v) is 9.05. The lowest BCUT2D eigenvalue weighted by atomic mass is 10.1. The summed E-state index contributed by atoms with van der Waals surface area (Å²) in [7, 11) is -3.20. The summed E-state index contributed by atoms with van der Waals surface area (Å²) in [4.78, 5) is 0.469. The molecule has 0 heterocycles. The Kier molecular flexibility index (Phi) is 4.86. The third-order valence-electron chi connectivity index (χ3n) is 4.39. The summed E-state index contributed by atoms with van der Waals surface area (Å²) in [5.41, 5.74) is 1.09. The van der Waals surface area contributed by atoms with Crippen molar-refractivity contribution in [2.24, 2.45) is 5.92 Å². The highest BCUT2D eigenvalue weighted by atomic mass is 32.2. The molecule has 1 N–H and O–H groups in total. The molecule has 1 aliphatic rings. The molecule has 0 aromatic heterocycles. The first-order chi connectivity index (χ1) is 9.46. The fourth-order valence-corrected chi connectivity index (χ4v) is 5.15. The molecule has 3 atom stereocenters. The van der Waals surface area contributed by atoms with E-state index in [0.717, 1.165) is 31.4 Å². The molecule has 0 spiro atoms. The van der Waals surface area contributed by atoms with Crippen molar-refractivity contribution in [2.75, 3.05) is 6.54 Å². The molecule has 0 aliphatic heterocycles. The number of rotatable bonds is 5. The molecule has 0 amide bonds. The first kappa shape index (κ1) is 15.5. The second-order valence-corrected chi connectivity index (χ2v) is 8.06. The average molecular weight is 295 g/mol. The Morgan fingerprint density at radius 3 is 2.45 bits per heavy atom. The molecule has 112 valence electrons. The minimum Gasteiger partial charge on any atom is -0.314 e. The summed E-state index contributed by atoms with van der Waals surface area (Å²) >= 11 is 0. The van der Waals surface area contributed by atoms with Crippen molar-refractivity contribution in [1.82, 2.24) is 5.32 Å². The summed E-state index contributed by atoms with van der Waals surface area (Å²) in [5.74, 6) is 0.174. The van der Waals surface area contributed by atoms with Crippen molar-refractivity contribution >= 4 is 9.84 Å². The molecule has 1 saturated carbocycles. The van der Waals surface area contributed by atoms with E-state index in [9.17, 15) is 8.42 Å². The first-order valence-electron chi connectivity index (χ1n) is 7.50. The van der Waals surface area contributed by atoms with Gasteiger partial charge in [-0.25, -0.2) is 8.42 Å². The topological polar surface area (TPSA) is 46.2 Å². The van der Waals surface area contributed by atoms with Crippen LogP contribution in [0.2, 0.25) is 0 Å². The second kappa shape index (κ2) is 6.27. The molecule has 3 unspecified atom stereocenters. The smallest absolute Gasteiger partial charge is 0.181 e. The predicted octanol–water partition coefficient (Wildman–Crippen LogP) is 2.94. The Morgan fingerprint density at radius 1 is 1.20 bits per heavy atom. The Labute approximate surface area is 122 Å². The van der Waals surface area contributed by atoms with Crippen LogP contribution in [-0.4, -0.2) is 26.3 Å². The Bertz CT molecular complexity index is 536. The molecule has 1 aromatic rings. The zero-order valence-corrected chi connectivity index (χ0v) is 13.4. The summed E-state index contributed by atoms with van der Waals surface area (Å²) in [5, 5.41) is 3.23. The predicted molar refractivity (Wildman–Crippen MR) is 82.6 cm³/mol. The van der Waals surface area contributed by atoms with Crippen LogP contribution >= 0.6 is 0 Å². The number of sulfone groups is 1. The van der Waals surface area contributed by atoms with Gasteiger partial charge in [-0.1, -0.05) is 31.5 Å². The standard InChI is InChI=1S/C16H25NO2S/c1-4-11-17-15-9-10-16(13(15)3)20(18,19)14-7-5-12(2)6-8-14/h5-8,13,15-17H,4,9-11H2,1-3H3. The number of benzene rings is 1. The fourth-order valence-electron chi connectivity index (χ4n) is 3.09. The van der Waals surface area contributed by atoms with E-state index in [4.69, 9.17) is 0 Å². The van der Waals surface area contributed by atoms with Crippen LogP contribution in [0, 0.1) is 12.8 Å². The maximum absolute atomic E-state index is 12.7. The molecule has 0 saturated heterocycles. The van der Waals surface area contributed by atoms with Gasteiger partial charge in [-0.05, 0) is 50.8 Å². The molecule has 2 rings (SSSR count). The zero-order valence-electron chi connectivity index (χ0n) is 12.6. The molecule has 20 heavy (non-hydrogen) atoms. The van der Waals surface area contributed by atoms with Crippen LogP contribution in [-0.2, 0) is 9.84 Å². The van der Waals surface area contributed by atoms with Gasteiger partial charge in [-0.3, -0.25) is 0 Å². The lowest BCUT2D eigenvalue weighted by Crippen LogP contribution is -2.36. The van der Waals surface area contributed by atoms with Gasteiger partial charge in [0.2, 0.25) is 0 Å². The summed E-state index contributed by atoms with van der Waals surface area (Å²) in [6.07, 6.45) is 2.80. The van der Waals surface area contributed by atoms with Crippen molar-refractivity contribution in [3.63, 3.8) is 0 Å². The number of hydrogen-bond donors (Lipinski definition) is 1. The summed E-state index contributed by atoms with van der Waals surface area (Å²) in [6, 6.07) is 7.56. The monoisotopic (exact) mass is 295 g/mol. The van der Waals surface area contributed by atoms with Crippen molar-refractivity contribution < 1.29 is 8.42 Å². The number of hydrogen-bond acceptors (Lipinski definition) is 3. The fraction of sp³-hybridized carbons (Fsp3) is 0.625. The van der Waals surface area contributed by atoms with Crippen LogP contribution in [0.5, 0.6) is 0 Å².